The molecule has 0 aliphatic carbocycles. The number of hydrogen-bond acceptors (Lipinski definition) is 5. The van der Waals surface area contributed by atoms with Crippen molar-refractivity contribution >= 4 is 11.9 Å². The summed E-state index contributed by atoms with van der Waals surface area (Å²) in [7, 11) is 0. The molecular formula is C47H92O6. The standard InChI is InChI=1S/C47H92O6/c1-2-3-4-5-6-7-8-9-10-11-12-13-14-15-16-18-21-24-27-30-33-36-39-44(47(52)53-43-45(49)42-48)40-37-34-31-28-25-22-19-17-20-23-26-29-32-35-38-41-46(50)51/h44-45,48-49H,2-43H2,1H3,(H,50,51). The molecule has 0 radical (unpaired) electrons. The molecule has 53 heavy (non-hydrogen) atoms. The zero-order valence-electron chi connectivity index (χ0n) is 35.4. The van der Waals surface area contributed by atoms with Crippen LogP contribution in [0.15, 0.2) is 0 Å². The van der Waals surface area contributed by atoms with Gasteiger partial charge in [0.05, 0.1) is 12.5 Å². The summed E-state index contributed by atoms with van der Waals surface area (Å²) in [5.74, 6) is -0.958. The van der Waals surface area contributed by atoms with Crippen LogP contribution in [0.4, 0.5) is 0 Å². The van der Waals surface area contributed by atoms with Gasteiger partial charge in [0.1, 0.15) is 12.7 Å². The number of carbonyl (C=O) groups is 2. The van der Waals surface area contributed by atoms with E-state index in [2.05, 4.69) is 6.92 Å². The number of aliphatic hydroxyl groups excluding tert-OH is 2. The van der Waals surface area contributed by atoms with Crippen molar-refractivity contribution in [2.24, 2.45) is 5.92 Å². The number of hydrogen-bond donors (Lipinski definition) is 3. The fourth-order valence-electron chi connectivity index (χ4n) is 7.69. The monoisotopic (exact) mass is 753 g/mol. The Morgan fingerprint density at radius 2 is 0.698 bits per heavy atom. The van der Waals surface area contributed by atoms with Gasteiger partial charge in [0.15, 0.2) is 0 Å². The average molecular weight is 753 g/mol. The van der Waals surface area contributed by atoms with Crippen LogP contribution in [0.2, 0.25) is 0 Å². The lowest BCUT2D eigenvalue weighted by Gasteiger charge is -2.17. The van der Waals surface area contributed by atoms with Gasteiger partial charge in [-0.2, -0.15) is 0 Å². The van der Waals surface area contributed by atoms with Crippen molar-refractivity contribution < 1.29 is 29.6 Å². The van der Waals surface area contributed by atoms with Crippen LogP contribution in [0.5, 0.6) is 0 Å². The molecule has 316 valence electrons. The molecule has 0 saturated carbocycles. The van der Waals surface area contributed by atoms with Crippen LogP contribution in [-0.2, 0) is 14.3 Å². The average Bonchev–Trinajstić information content (AvgIpc) is 3.15. The minimum absolute atomic E-state index is 0.0873. The largest absolute Gasteiger partial charge is 0.481 e. The van der Waals surface area contributed by atoms with Crippen LogP contribution >= 0.6 is 0 Å². The molecule has 0 aromatic heterocycles. The summed E-state index contributed by atoms with van der Waals surface area (Å²) in [6, 6.07) is 0. The minimum atomic E-state index is -0.990. The molecule has 0 bridgehead atoms. The first kappa shape index (κ1) is 51.9. The Labute approximate surface area is 329 Å². The van der Waals surface area contributed by atoms with Crippen LogP contribution in [0.25, 0.3) is 0 Å². The fourth-order valence-corrected chi connectivity index (χ4v) is 7.69. The van der Waals surface area contributed by atoms with Gasteiger partial charge >= 0.3 is 11.9 Å². The summed E-state index contributed by atoms with van der Waals surface area (Å²) in [6.07, 6.45) is 49.5. The first-order valence-corrected chi connectivity index (χ1v) is 23.7. The highest BCUT2D eigenvalue weighted by Crippen LogP contribution is 2.22. The van der Waals surface area contributed by atoms with Gasteiger partial charge in [0.25, 0.3) is 0 Å². The van der Waals surface area contributed by atoms with E-state index in [1.807, 2.05) is 0 Å². The number of unbranched alkanes of at least 4 members (excludes halogenated alkanes) is 35. The van der Waals surface area contributed by atoms with E-state index in [1.165, 1.54) is 205 Å². The molecule has 0 rings (SSSR count). The first-order valence-electron chi connectivity index (χ1n) is 23.7. The van der Waals surface area contributed by atoms with Crippen molar-refractivity contribution in [3.05, 3.63) is 0 Å². The lowest BCUT2D eigenvalue weighted by Crippen LogP contribution is -2.25. The van der Waals surface area contributed by atoms with Crippen molar-refractivity contribution in [2.45, 2.75) is 270 Å². The second kappa shape index (κ2) is 43.6. The summed E-state index contributed by atoms with van der Waals surface area (Å²) < 4.78 is 5.38. The Morgan fingerprint density at radius 1 is 0.434 bits per heavy atom. The summed E-state index contributed by atoms with van der Waals surface area (Å²) in [5.41, 5.74) is 0. The van der Waals surface area contributed by atoms with E-state index in [-0.39, 0.29) is 25.1 Å². The van der Waals surface area contributed by atoms with Crippen LogP contribution in [-0.4, -0.2) is 46.6 Å². The van der Waals surface area contributed by atoms with Gasteiger partial charge in [-0.1, -0.05) is 238 Å². The zero-order chi connectivity index (χ0) is 38.7. The molecule has 0 aliphatic rings. The number of carbonyl (C=O) groups excluding carboxylic acids is 1. The van der Waals surface area contributed by atoms with Gasteiger partial charge in [-0.15, -0.1) is 0 Å². The van der Waals surface area contributed by atoms with Gasteiger partial charge in [-0.05, 0) is 19.3 Å². The molecule has 2 unspecified atom stereocenters. The van der Waals surface area contributed by atoms with Crippen molar-refractivity contribution in [2.75, 3.05) is 13.2 Å². The third kappa shape index (κ3) is 41.9. The Hall–Kier alpha value is -1.14. The second-order valence-electron chi connectivity index (χ2n) is 16.6. The van der Waals surface area contributed by atoms with Crippen LogP contribution in [0, 0.1) is 5.92 Å². The van der Waals surface area contributed by atoms with E-state index in [1.54, 1.807) is 0 Å². The van der Waals surface area contributed by atoms with E-state index < -0.39 is 12.1 Å². The predicted molar refractivity (Wildman–Crippen MR) is 226 cm³/mol. The van der Waals surface area contributed by atoms with Crippen LogP contribution < -0.4 is 0 Å². The fraction of sp³-hybridized carbons (Fsp3) is 0.957. The lowest BCUT2D eigenvalue weighted by atomic mass is 9.94. The topological polar surface area (TPSA) is 104 Å². The molecule has 0 heterocycles. The van der Waals surface area contributed by atoms with Gasteiger partial charge in [0, 0.05) is 6.42 Å². The zero-order valence-corrected chi connectivity index (χ0v) is 35.4. The molecule has 3 N–H and O–H groups in total. The molecule has 0 aromatic rings. The van der Waals surface area contributed by atoms with Crippen molar-refractivity contribution in [1.29, 1.82) is 0 Å². The summed E-state index contributed by atoms with van der Waals surface area (Å²) in [5, 5.41) is 27.4. The van der Waals surface area contributed by atoms with E-state index in [0.29, 0.717) is 6.42 Å². The SMILES string of the molecule is CCCCCCCCCCCCCCCCCCCCCCCCC(CCCCCCCCCCCCCCCCCC(=O)O)C(=O)OCC(O)CO. The third-order valence-corrected chi connectivity index (χ3v) is 11.3. The van der Waals surface area contributed by atoms with Gasteiger partial charge in [0.2, 0.25) is 0 Å². The van der Waals surface area contributed by atoms with E-state index in [9.17, 15) is 14.7 Å². The lowest BCUT2D eigenvalue weighted by molar-refractivity contribution is -0.152. The summed E-state index contributed by atoms with van der Waals surface area (Å²) in [4.78, 5) is 23.3. The van der Waals surface area contributed by atoms with E-state index in [0.717, 1.165) is 44.9 Å². The van der Waals surface area contributed by atoms with Crippen LogP contribution in [0.3, 0.4) is 0 Å². The minimum Gasteiger partial charge on any atom is -0.481 e. The Bertz CT molecular complexity index is 743. The number of carboxylic acids is 1. The second-order valence-corrected chi connectivity index (χ2v) is 16.6. The Balaban J connectivity index is 3.74. The molecule has 0 spiro atoms. The maximum atomic E-state index is 12.8. The Morgan fingerprint density at radius 3 is 0.962 bits per heavy atom. The van der Waals surface area contributed by atoms with E-state index >= 15 is 0 Å². The number of esters is 1. The number of aliphatic carboxylic acids is 1. The Kier molecular flexibility index (Phi) is 42.6. The van der Waals surface area contributed by atoms with Gasteiger partial charge in [-0.25, -0.2) is 0 Å². The molecule has 6 nitrogen and oxygen atoms in total. The quantitative estimate of drug-likeness (QED) is 0.0423. The summed E-state index contributed by atoms with van der Waals surface area (Å²) in [6.45, 7) is 1.80. The van der Waals surface area contributed by atoms with Crippen molar-refractivity contribution in [1.82, 2.24) is 0 Å². The number of ether oxygens (including phenoxy) is 1. The highest BCUT2D eigenvalue weighted by Gasteiger charge is 2.20. The first-order chi connectivity index (χ1) is 26.0. The van der Waals surface area contributed by atoms with Gasteiger partial charge < -0.3 is 20.1 Å². The molecule has 0 amide bonds. The molecule has 6 heteroatoms. The maximum absolute atomic E-state index is 12.8. The maximum Gasteiger partial charge on any atom is 0.309 e. The molecule has 0 aromatic carbocycles. The predicted octanol–water partition coefficient (Wildman–Crippen LogP) is 14.2. The molecule has 0 aliphatic heterocycles. The number of carboxylic acid groups (broad SMARTS) is 1. The highest BCUT2D eigenvalue weighted by molar-refractivity contribution is 5.72. The third-order valence-electron chi connectivity index (χ3n) is 11.3. The number of rotatable bonds is 45. The smallest absolute Gasteiger partial charge is 0.309 e. The van der Waals surface area contributed by atoms with E-state index in [4.69, 9.17) is 14.9 Å². The molecule has 2 atom stereocenters. The van der Waals surface area contributed by atoms with Crippen molar-refractivity contribution in [3.8, 4) is 0 Å². The molecule has 0 fully saturated rings. The van der Waals surface area contributed by atoms with Gasteiger partial charge in [-0.3, -0.25) is 9.59 Å². The van der Waals surface area contributed by atoms with Crippen LogP contribution in [0.1, 0.15) is 264 Å². The molecule has 0 saturated heterocycles. The van der Waals surface area contributed by atoms with Crippen molar-refractivity contribution in [3.63, 3.8) is 0 Å². The normalized spacial score (nSPS) is 12.7. The highest BCUT2D eigenvalue weighted by atomic mass is 16.5. The molecular weight excluding hydrogens is 661 g/mol. The summed E-state index contributed by atoms with van der Waals surface area (Å²) >= 11 is 0. The number of aliphatic hydroxyl groups is 2.